The summed E-state index contributed by atoms with van der Waals surface area (Å²) >= 11 is 0. The lowest BCUT2D eigenvalue weighted by atomic mass is 10.2. The zero-order valence-electron chi connectivity index (χ0n) is 8.33. The fourth-order valence-corrected chi connectivity index (χ4v) is 1.40. The Morgan fingerprint density at radius 2 is 2.14 bits per heavy atom. The van der Waals surface area contributed by atoms with Crippen LogP contribution >= 0.6 is 0 Å². The average molecular weight is 196 g/mol. The van der Waals surface area contributed by atoms with Crippen LogP contribution in [0.4, 0.5) is 0 Å². The van der Waals surface area contributed by atoms with Gasteiger partial charge in [-0.2, -0.15) is 0 Å². The van der Waals surface area contributed by atoms with Crippen molar-refractivity contribution < 1.29 is 14.2 Å². The van der Waals surface area contributed by atoms with E-state index in [0.717, 1.165) is 32.5 Å². The molecule has 2 aliphatic rings. The summed E-state index contributed by atoms with van der Waals surface area (Å²) in [6.45, 7) is 2.19. The predicted molar refractivity (Wildman–Crippen MR) is 51.7 cm³/mol. The van der Waals surface area contributed by atoms with Gasteiger partial charge in [-0.1, -0.05) is 11.8 Å². The highest BCUT2D eigenvalue weighted by Gasteiger charge is 2.20. The molecule has 14 heavy (non-hydrogen) atoms. The van der Waals surface area contributed by atoms with Gasteiger partial charge in [0.25, 0.3) is 0 Å². The SMILES string of the molecule is C(#CC[C@@H]1CO1)COC1CCCCO1. The molecular formula is C11H16O3. The van der Waals surface area contributed by atoms with Crippen molar-refractivity contribution in [2.24, 2.45) is 0 Å². The smallest absolute Gasteiger partial charge is 0.158 e. The van der Waals surface area contributed by atoms with Crippen molar-refractivity contribution in [3.05, 3.63) is 0 Å². The molecule has 0 aliphatic carbocycles. The van der Waals surface area contributed by atoms with E-state index < -0.39 is 0 Å². The third-order valence-electron chi connectivity index (χ3n) is 2.34. The second-order valence-electron chi connectivity index (χ2n) is 3.62. The van der Waals surface area contributed by atoms with E-state index in [1.54, 1.807) is 0 Å². The number of ether oxygens (including phenoxy) is 3. The summed E-state index contributed by atoms with van der Waals surface area (Å²) in [5.74, 6) is 6.00. The monoisotopic (exact) mass is 196 g/mol. The topological polar surface area (TPSA) is 31.0 Å². The molecule has 0 aromatic heterocycles. The molecule has 1 unspecified atom stereocenters. The first-order valence-electron chi connectivity index (χ1n) is 5.25. The largest absolute Gasteiger partial charge is 0.372 e. The number of rotatable bonds is 3. The Kier molecular flexibility index (Phi) is 3.81. The summed E-state index contributed by atoms with van der Waals surface area (Å²) in [6, 6.07) is 0. The lowest BCUT2D eigenvalue weighted by Crippen LogP contribution is -2.22. The molecule has 0 aromatic rings. The van der Waals surface area contributed by atoms with Crippen LogP contribution in [-0.4, -0.2) is 32.2 Å². The zero-order chi connectivity index (χ0) is 9.64. The molecule has 2 fully saturated rings. The molecule has 2 atom stereocenters. The van der Waals surface area contributed by atoms with Crippen LogP contribution in [0.5, 0.6) is 0 Å². The van der Waals surface area contributed by atoms with E-state index in [9.17, 15) is 0 Å². The van der Waals surface area contributed by atoms with Gasteiger partial charge >= 0.3 is 0 Å². The van der Waals surface area contributed by atoms with Crippen molar-refractivity contribution in [3.8, 4) is 11.8 Å². The van der Waals surface area contributed by atoms with Crippen molar-refractivity contribution in [3.63, 3.8) is 0 Å². The molecule has 0 saturated carbocycles. The molecule has 0 spiro atoms. The fraction of sp³-hybridized carbons (Fsp3) is 0.818. The minimum absolute atomic E-state index is 0.0183. The van der Waals surface area contributed by atoms with Crippen LogP contribution in [0.3, 0.4) is 0 Å². The Morgan fingerprint density at radius 3 is 2.86 bits per heavy atom. The Hall–Kier alpha value is -0.560. The van der Waals surface area contributed by atoms with E-state index in [4.69, 9.17) is 14.2 Å². The van der Waals surface area contributed by atoms with E-state index in [1.165, 1.54) is 6.42 Å². The van der Waals surface area contributed by atoms with E-state index in [2.05, 4.69) is 11.8 Å². The predicted octanol–water partition coefficient (Wildman–Crippen LogP) is 1.32. The third kappa shape index (κ3) is 3.67. The number of epoxide rings is 1. The third-order valence-corrected chi connectivity index (χ3v) is 2.34. The molecule has 2 heterocycles. The Balaban J connectivity index is 1.53. The Labute approximate surface area is 84.7 Å². The van der Waals surface area contributed by atoms with Crippen molar-refractivity contribution in [1.82, 2.24) is 0 Å². The normalized spacial score (nSPS) is 30.6. The van der Waals surface area contributed by atoms with Gasteiger partial charge < -0.3 is 14.2 Å². The van der Waals surface area contributed by atoms with E-state index in [0.29, 0.717) is 12.7 Å². The molecule has 2 rings (SSSR count). The molecule has 0 amide bonds. The summed E-state index contributed by atoms with van der Waals surface area (Å²) in [4.78, 5) is 0. The van der Waals surface area contributed by atoms with Crippen molar-refractivity contribution in [1.29, 1.82) is 0 Å². The summed E-state index contributed by atoms with van der Waals surface area (Å²) in [5, 5.41) is 0. The van der Waals surface area contributed by atoms with Crippen LogP contribution in [0, 0.1) is 11.8 Å². The van der Waals surface area contributed by atoms with Gasteiger partial charge in [0.15, 0.2) is 6.29 Å². The molecule has 2 aliphatic heterocycles. The lowest BCUT2D eigenvalue weighted by Gasteiger charge is -2.21. The van der Waals surface area contributed by atoms with Crippen molar-refractivity contribution >= 4 is 0 Å². The molecule has 3 nitrogen and oxygen atoms in total. The maximum atomic E-state index is 5.45. The van der Waals surface area contributed by atoms with Gasteiger partial charge in [-0.3, -0.25) is 0 Å². The van der Waals surface area contributed by atoms with Gasteiger partial charge in [0, 0.05) is 13.0 Å². The molecule has 0 aromatic carbocycles. The summed E-state index contributed by atoms with van der Waals surface area (Å²) < 4.78 is 15.9. The fourth-order valence-electron chi connectivity index (χ4n) is 1.40. The molecular weight excluding hydrogens is 180 g/mol. The van der Waals surface area contributed by atoms with Crippen molar-refractivity contribution in [2.75, 3.05) is 19.8 Å². The molecule has 0 bridgehead atoms. The summed E-state index contributed by atoms with van der Waals surface area (Å²) in [6.07, 6.45) is 4.59. The highest BCUT2D eigenvalue weighted by atomic mass is 16.7. The van der Waals surface area contributed by atoms with Crippen LogP contribution in [0.25, 0.3) is 0 Å². The summed E-state index contributed by atoms with van der Waals surface area (Å²) in [5.41, 5.74) is 0. The van der Waals surface area contributed by atoms with Crippen LogP contribution < -0.4 is 0 Å². The number of hydrogen-bond acceptors (Lipinski definition) is 3. The second kappa shape index (κ2) is 5.35. The minimum atomic E-state index is -0.0183. The average Bonchev–Trinajstić information content (AvgIpc) is 3.03. The van der Waals surface area contributed by atoms with Gasteiger partial charge in [0.05, 0.1) is 12.7 Å². The van der Waals surface area contributed by atoms with E-state index in [1.807, 2.05) is 0 Å². The molecule has 3 heteroatoms. The van der Waals surface area contributed by atoms with Crippen molar-refractivity contribution in [2.45, 2.75) is 38.1 Å². The van der Waals surface area contributed by atoms with Crippen LogP contribution in [0.15, 0.2) is 0 Å². The van der Waals surface area contributed by atoms with Gasteiger partial charge in [-0.25, -0.2) is 0 Å². The lowest BCUT2D eigenvalue weighted by molar-refractivity contribution is -0.154. The minimum Gasteiger partial charge on any atom is -0.372 e. The Morgan fingerprint density at radius 1 is 1.21 bits per heavy atom. The highest BCUT2D eigenvalue weighted by molar-refractivity contribution is 5.02. The first kappa shape index (κ1) is 9.97. The zero-order valence-corrected chi connectivity index (χ0v) is 8.33. The highest BCUT2D eigenvalue weighted by Crippen LogP contribution is 2.13. The standard InChI is InChI=1S/C11H16O3/c1(5-10-9-14-10)3-7-12-11-6-2-4-8-13-11/h10-11H,2,4-9H2/t10-,11?/m1/s1. The van der Waals surface area contributed by atoms with Crippen LogP contribution in [-0.2, 0) is 14.2 Å². The van der Waals surface area contributed by atoms with Crippen LogP contribution in [0.2, 0.25) is 0 Å². The molecule has 0 N–H and O–H groups in total. The molecule has 2 saturated heterocycles. The maximum Gasteiger partial charge on any atom is 0.158 e. The van der Waals surface area contributed by atoms with E-state index >= 15 is 0 Å². The summed E-state index contributed by atoms with van der Waals surface area (Å²) in [7, 11) is 0. The number of hydrogen-bond donors (Lipinski definition) is 0. The first-order chi connectivity index (χ1) is 6.95. The van der Waals surface area contributed by atoms with Gasteiger partial charge in [0.1, 0.15) is 6.61 Å². The molecule has 78 valence electrons. The Bertz CT molecular complexity index is 218. The molecule has 0 radical (unpaired) electrons. The van der Waals surface area contributed by atoms with Gasteiger partial charge in [-0.05, 0) is 19.3 Å². The van der Waals surface area contributed by atoms with Crippen LogP contribution in [0.1, 0.15) is 25.7 Å². The maximum absolute atomic E-state index is 5.45. The van der Waals surface area contributed by atoms with Gasteiger partial charge in [0.2, 0.25) is 0 Å². The first-order valence-corrected chi connectivity index (χ1v) is 5.25. The second-order valence-corrected chi connectivity index (χ2v) is 3.62. The van der Waals surface area contributed by atoms with E-state index in [-0.39, 0.29) is 6.29 Å². The van der Waals surface area contributed by atoms with Gasteiger partial charge in [-0.15, -0.1) is 0 Å². The quantitative estimate of drug-likeness (QED) is 0.504.